The summed E-state index contributed by atoms with van der Waals surface area (Å²) in [6, 6.07) is 17.3. The van der Waals surface area contributed by atoms with Crippen molar-refractivity contribution in [2.45, 2.75) is 25.8 Å². The highest BCUT2D eigenvalue weighted by Gasteiger charge is 2.23. The summed E-state index contributed by atoms with van der Waals surface area (Å²) in [4.78, 5) is 14.6. The van der Waals surface area contributed by atoms with Gasteiger partial charge in [-0.05, 0) is 48.6 Å². The van der Waals surface area contributed by atoms with E-state index < -0.39 is 0 Å². The van der Waals surface area contributed by atoms with Crippen molar-refractivity contribution in [2.75, 3.05) is 11.9 Å². The second-order valence-electron chi connectivity index (χ2n) is 6.10. The van der Waals surface area contributed by atoms with Crippen molar-refractivity contribution < 1.29 is 4.79 Å². The lowest BCUT2D eigenvalue weighted by atomic mass is 9.85. The molecule has 3 nitrogen and oxygen atoms in total. The zero-order valence-electron chi connectivity index (χ0n) is 13.0. The maximum Gasteiger partial charge on any atom is 0.322 e. The number of rotatable bonds is 5. The molecule has 0 atom stereocenters. The fraction of sp³-hybridized carbons (Fsp3) is 0.316. The van der Waals surface area contributed by atoms with Crippen LogP contribution in [0.4, 0.5) is 10.5 Å². The van der Waals surface area contributed by atoms with Gasteiger partial charge in [-0.25, -0.2) is 4.79 Å². The maximum atomic E-state index is 12.7. The van der Waals surface area contributed by atoms with E-state index >= 15 is 0 Å². The largest absolute Gasteiger partial charge is 0.322 e. The summed E-state index contributed by atoms with van der Waals surface area (Å²) in [5, 5.41) is 3.64. The average molecular weight is 329 g/mol. The molecule has 0 saturated heterocycles. The Morgan fingerprint density at radius 3 is 2.39 bits per heavy atom. The van der Waals surface area contributed by atoms with Gasteiger partial charge in [-0.15, -0.1) is 0 Å². The Labute approximate surface area is 142 Å². The van der Waals surface area contributed by atoms with Crippen molar-refractivity contribution in [3.8, 4) is 0 Å². The van der Waals surface area contributed by atoms with Gasteiger partial charge in [-0.2, -0.15) is 0 Å². The smallest absolute Gasteiger partial charge is 0.320 e. The summed E-state index contributed by atoms with van der Waals surface area (Å²) in [6.45, 7) is 1.45. The fourth-order valence-electron chi connectivity index (χ4n) is 2.75. The van der Waals surface area contributed by atoms with Gasteiger partial charge in [-0.3, -0.25) is 0 Å². The second kappa shape index (κ2) is 7.51. The van der Waals surface area contributed by atoms with E-state index in [-0.39, 0.29) is 6.03 Å². The number of nitrogens with zero attached hydrogens (tertiary/aromatic N) is 1. The molecule has 0 heterocycles. The number of anilines is 1. The summed E-state index contributed by atoms with van der Waals surface area (Å²) < 4.78 is 0. The summed E-state index contributed by atoms with van der Waals surface area (Å²) in [7, 11) is 0. The molecule has 1 saturated carbocycles. The van der Waals surface area contributed by atoms with Gasteiger partial charge < -0.3 is 10.2 Å². The highest BCUT2D eigenvalue weighted by molar-refractivity contribution is 6.30. The molecule has 0 radical (unpaired) electrons. The molecule has 2 amide bonds. The van der Waals surface area contributed by atoms with E-state index in [1.807, 2.05) is 35.2 Å². The molecule has 3 rings (SSSR count). The van der Waals surface area contributed by atoms with Gasteiger partial charge in [-0.1, -0.05) is 48.4 Å². The number of amides is 2. The molecule has 1 aliphatic carbocycles. The normalized spacial score (nSPS) is 14.1. The Morgan fingerprint density at radius 2 is 1.78 bits per heavy atom. The Bertz CT molecular complexity index is 638. The Kier molecular flexibility index (Phi) is 5.19. The molecule has 1 aliphatic rings. The number of carbonyl (C=O) groups excluding carboxylic acids is 1. The van der Waals surface area contributed by atoms with Crippen molar-refractivity contribution >= 4 is 23.3 Å². The van der Waals surface area contributed by atoms with Gasteiger partial charge in [0.2, 0.25) is 0 Å². The van der Waals surface area contributed by atoms with Crippen molar-refractivity contribution in [1.82, 2.24) is 4.90 Å². The van der Waals surface area contributed by atoms with Crippen LogP contribution in [0.25, 0.3) is 0 Å². The number of urea groups is 1. The van der Waals surface area contributed by atoms with E-state index in [2.05, 4.69) is 17.4 Å². The number of hydrogen-bond acceptors (Lipinski definition) is 1. The molecule has 0 bridgehead atoms. The van der Waals surface area contributed by atoms with Crippen LogP contribution in [0.5, 0.6) is 0 Å². The van der Waals surface area contributed by atoms with Crippen LogP contribution in [-0.4, -0.2) is 17.5 Å². The molecule has 4 heteroatoms. The van der Waals surface area contributed by atoms with Crippen LogP contribution >= 0.6 is 11.6 Å². The van der Waals surface area contributed by atoms with Crippen molar-refractivity contribution in [3.05, 3.63) is 65.2 Å². The van der Waals surface area contributed by atoms with Gasteiger partial charge in [0.25, 0.3) is 0 Å². The molecule has 1 fully saturated rings. The van der Waals surface area contributed by atoms with E-state index in [1.54, 1.807) is 12.1 Å². The first-order valence-corrected chi connectivity index (χ1v) is 8.44. The van der Waals surface area contributed by atoms with Crippen molar-refractivity contribution in [1.29, 1.82) is 0 Å². The van der Waals surface area contributed by atoms with E-state index in [9.17, 15) is 4.79 Å². The van der Waals surface area contributed by atoms with Gasteiger partial charge in [0.05, 0.1) is 0 Å². The summed E-state index contributed by atoms with van der Waals surface area (Å²) in [6.07, 6.45) is 3.72. The van der Waals surface area contributed by atoms with Crippen LogP contribution in [-0.2, 0) is 6.54 Å². The molecular weight excluding hydrogens is 308 g/mol. The number of hydrogen-bond donors (Lipinski definition) is 1. The van der Waals surface area contributed by atoms with Gasteiger partial charge in [0.1, 0.15) is 0 Å². The molecule has 120 valence electrons. The SMILES string of the molecule is O=C(Nc1ccc(Cl)cc1)N(Cc1ccccc1)CC1CCC1. The van der Waals surface area contributed by atoms with E-state index in [0.29, 0.717) is 17.5 Å². The van der Waals surface area contributed by atoms with Gasteiger partial charge in [0, 0.05) is 23.8 Å². The minimum absolute atomic E-state index is 0.0527. The van der Waals surface area contributed by atoms with Crippen LogP contribution in [0, 0.1) is 5.92 Å². The van der Waals surface area contributed by atoms with Gasteiger partial charge in [0.15, 0.2) is 0 Å². The highest BCUT2D eigenvalue weighted by atomic mass is 35.5. The molecule has 2 aromatic carbocycles. The molecule has 1 N–H and O–H groups in total. The predicted octanol–water partition coefficient (Wildman–Crippen LogP) is 5.17. The summed E-state index contributed by atoms with van der Waals surface area (Å²) >= 11 is 5.89. The van der Waals surface area contributed by atoms with E-state index in [0.717, 1.165) is 17.8 Å². The highest BCUT2D eigenvalue weighted by Crippen LogP contribution is 2.28. The first kappa shape index (κ1) is 15.9. The van der Waals surface area contributed by atoms with Crippen LogP contribution in [0.2, 0.25) is 5.02 Å². The lowest BCUT2D eigenvalue weighted by molar-refractivity contribution is 0.175. The van der Waals surface area contributed by atoms with E-state index in [4.69, 9.17) is 11.6 Å². The predicted molar refractivity (Wildman–Crippen MR) is 94.7 cm³/mol. The zero-order valence-corrected chi connectivity index (χ0v) is 13.8. The average Bonchev–Trinajstić information content (AvgIpc) is 2.52. The Morgan fingerprint density at radius 1 is 1.09 bits per heavy atom. The molecule has 0 aromatic heterocycles. The minimum atomic E-state index is -0.0527. The van der Waals surface area contributed by atoms with Gasteiger partial charge >= 0.3 is 6.03 Å². The molecule has 23 heavy (non-hydrogen) atoms. The third-order valence-corrected chi connectivity index (χ3v) is 4.55. The first-order valence-electron chi connectivity index (χ1n) is 8.06. The molecule has 0 spiro atoms. The Balaban J connectivity index is 1.68. The standard InChI is InChI=1S/C19H21ClN2O/c20-17-9-11-18(12-10-17)21-19(23)22(14-16-7-4-8-16)13-15-5-2-1-3-6-15/h1-3,5-6,9-12,16H,4,7-8,13-14H2,(H,21,23). The number of carbonyl (C=O) groups is 1. The third kappa shape index (κ3) is 4.49. The second-order valence-corrected chi connectivity index (χ2v) is 6.54. The Hall–Kier alpha value is -2.00. The van der Waals surface area contributed by atoms with Crippen LogP contribution in [0.3, 0.4) is 0 Å². The van der Waals surface area contributed by atoms with E-state index in [1.165, 1.54) is 19.3 Å². The van der Waals surface area contributed by atoms with Crippen molar-refractivity contribution in [3.63, 3.8) is 0 Å². The summed E-state index contributed by atoms with van der Waals surface area (Å²) in [5.74, 6) is 0.634. The van der Waals surface area contributed by atoms with Crippen molar-refractivity contribution in [2.24, 2.45) is 5.92 Å². The van der Waals surface area contributed by atoms with Crippen LogP contribution < -0.4 is 5.32 Å². The lowest BCUT2D eigenvalue weighted by Gasteiger charge is -2.32. The molecule has 0 unspecified atom stereocenters. The quantitative estimate of drug-likeness (QED) is 0.806. The lowest BCUT2D eigenvalue weighted by Crippen LogP contribution is -2.39. The summed E-state index contributed by atoms with van der Waals surface area (Å²) in [5.41, 5.74) is 1.92. The number of benzene rings is 2. The molecule has 0 aliphatic heterocycles. The number of halogens is 1. The topological polar surface area (TPSA) is 32.3 Å². The molecular formula is C19H21ClN2O. The molecule has 2 aromatic rings. The third-order valence-electron chi connectivity index (χ3n) is 4.30. The fourth-order valence-corrected chi connectivity index (χ4v) is 2.87. The van der Waals surface area contributed by atoms with Crippen LogP contribution in [0.1, 0.15) is 24.8 Å². The first-order chi connectivity index (χ1) is 11.2. The number of nitrogens with one attached hydrogen (secondary N) is 1. The monoisotopic (exact) mass is 328 g/mol. The zero-order chi connectivity index (χ0) is 16.1. The van der Waals surface area contributed by atoms with Crippen LogP contribution in [0.15, 0.2) is 54.6 Å². The maximum absolute atomic E-state index is 12.7. The minimum Gasteiger partial charge on any atom is -0.320 e.